The molecule has 0 radical (unpaired) electrons. The molecule has 0 nitrogen and oxygen atoms in total. The SMILES string of the molecule is CCC(C)(C)C1=[C]([Zr+2][C]2=C(C(C)(C)CC)C(C)=C(C)C2)CC(C)=C1C.[Cl-].[Cl-]. The molecule has 0 N–H and O–H groups in total. The van der Waals surface area contributed by atoms with Gasteiger partial charge >= 0.3 is 169 Å². The van der Waals surface area contributed by atoms with Gasteiger partial charge in [-0.25, -0.2) is 0 Å². The average molecular weight is 489 g/mol. The zero-order chi connectivity index (χ0) is 19.2. The second-order valence-electron chi connectivity index (χ2n) is 9.47. The third-order valence-electron chi connectivity index (χ3n) is 6.94. The summed E-state index contributed by atoms with van der Waals surface area (Å²) in [6.07, 6.45) is 4.99. The van der Waals surface area contributed by atoms with Crippen LogP contribution in [0.1, 0.15) is 94.9 Å². The van der Waals surface area contributed by atoms with E-state index in [2.05, 4.69) is 69.2 Å². The predicted molar refractivity (Wildman–Crippen MR) is 108 cm³/mol. The maximum atomic E-state index is 2.46. The van der Waals surface area contributed by atoms with Gasteiger partial charge in [0.05, 0.1) is 0 Å². The first kappa shape index (κ1) is 27.4. The van der Waals surface area contributed by atoms with Crippen LogP contribution in [0.5, 0.6) is 0 Å². The minimum absolute atomic E-state index is 0. The maximum Gasteiger partial charge on any atom is -1.00 e. The summed E-state index contributed by atoms with van der Waals surface area (Å²) in [6.45, 7) is 24.0. The van der Waals surface area contributed by atoms with Gasteiger partial charge in [0.25, 0.3) is 0 Å². The Bertz CT molecular complexity index is 640. The molecule has 0 atom stereocenters. The summed E-state index contributed by atoms with van der Waals surface area (Å²) < 4.78 is 3.74. The largest absolute Gasteiger partial charge is 1.00 e. The minimum Gasteiger partial charge on any atom is -1.00 e. The van der Waals surface area contributed by atoms with Gasteiger partial charge in [0.2, 0.25) is 0 Å². The van der Waals surface area contributed by atoms with Crippen molar-refractivity contribution in [1.29, 1.82) is 0 Å². The zero-order valence-corrected chi connectivity index (χ0v) is 23.1. The number of rotatable bonds is 6. The molecule has 0 saturated heterocycles. The van der Waals surface area contributed by atoms with Crippen molar-refractivity contribution in [3.05, 3.63) is 40.0 Å². The Morgan fingerprint density at radius 1 is 0.667 bits per heavy atom. The molecule has 2 rings (SSSR count). The van der Waals surface area contributed by atoms with Crippen LogP contribution in [-0.4, -0.2) is 0 Å². The normalized spacial score (nSPS) is 18.1. The Labute approximate surface area is 192 Å². The fourth-order valence-corrected chi connectivity index (χ4v) is 10.3. The van der Waals surface area contributed by atoms with Crippen molar-refractivity contribution < 1.29 is 48.0 Å². The first-order valence-electron chi connectivity index (χ1n) is 10.0. The second-order valence-corrected chi connectivity index (χ2v) is 13.1. The molecule has 2 aliphatic rings. The molecule has 0 aromatic rings. The summed E-state index contributed by atoms with van der Waals surface area (Å²) in [5.41, 5.74) is 10.6. The van der Waals surface area contributed by atoms with E-state index in [4.69, 9.17) is 0 Å². The molecule has 0 saturated carbocycles. The van der Waals surface area contributed by atoms with Crippen LogP contribution >= 0.6 is 0 Å². The van der Waals surface area contributed by atoms with Crippen molar-refractivity contribution in [2.24, 2.45) is 10.8 Å². The van der Waals surface area contributed by atoms with Gasteiger partial charge in [-0.05, 0) is 0 Å². The molecule has 0 aromatic heterocycles. The van der Waals surface area contributed by atoms with Gasteiger partial charge in [-0.2, -0.15) is 0 Å². The van der Waals surface area contributed by atoms with E-state index in [0.717, 1.165) is 0 Å². The molecule has 0 aliphatic heterocycles. The first-order chi connectivity index (χ1) is 11.5. The van der Waals surface area contributed by atoms with E-state index in [-0.39, 0.29) is 24.8 Å². The van der Waals surface area contributed by atoms with Crippen molar-refractivity contribution >= 4 is 0 Å². The van der Waals surface area contributed by atoms with E-state index in [9.17, 15) is 0 Å². The molecule has 0 amide bonds. The Hall–Kier alpha value is 0.423. The van der Waals surface area contributed by atoms with E-state index in [0.29, 0.717) is 10.8 Å². The van der Waals surface area contributed by atoms with Crippen LogP contribution in [0, 0.1) is 10.8 Å². The van der Waals surface area contributed by atoms with Crippen molar-refractivity contribution in [2.45, 2.75) is 94.9 Å². The summed E-state index contributed by atoms with van der Waals surface area (Å²) in [5, 5.41) is 0. The Morgan fingerprint density at radius 3 is 1.22 bits per heavy atom. The van der Waals surface area contributed by atoms with Crippen LogP contribution in [0.3, 0.4) is 0 Å². The van der Waals surface area contributed by atoms with Crippen molar-refractivity contribution in [3.8, 4) is 0 Å². The molecule has 0 aromatic carbocycles. The molecule has 152 valence electrons. The van der Waals surface area contributed by atoms with Crippen molar-refractivity contribution in [3.63, 3.8) is 0 Å². The topological polar surface area (TPSA) is 0 Å². The molecular weight excluding hydrogens is 450 g/mol. The molecule has 2 aliphatic carbocycles. The number of allylic oxidation sites excluding steroid dienone is 8. The number of halogens is 2. The van der Waals surface area contributed by atoms with Crippen LogP contribution < -0.4 is 24.8 Å². The maximum absolute atomic E-state index is 2.46. The summed E-state index contributed by atoms with van der Waals surface area (Å²) >= 11 is -0.706. The molecule has 0 spiro atoms. The Balaban J connectivity index is 0.00000338. The van der Waals surface area contributed by atoms with Gasteiger partial charge in [-0.15, -0.1) is 0 Å². The molecule has 0 unspecified atom stereocenters. The average Bonchev–Trinajstić information content (AvgIpc) is 2.97. The van der Waals surface area contributed by atoms with Gasteiger partial charge < -0.3 is 24.8 Å². The molecule has 3 heteroatoms. The van der Waals surface area contributed by atoms with E-state index in [1.165, 1.54) is 25.7 Å². The van der Waals surface area contributed by atoms with Gasteiger partial charge in [-0.3, -0.25) is 0 Å². The van der Waals surface area contributed by atoms with Crippen molar-refractivity contribution in [2.75, 3.05) is 0 Å². The van der Waals surface area contributed by atoms with E-state index in [1.54, 1.807) is 33.4 Å². The fourth-order valence-electron chi connectivity index (χ4n) is 4.43. The van der Waals surface area contributed by atoms with Gasteiger partial charge in [0.1, 0.15) is 0 Å². The van der Waals surface area contributed by atoms with Gasteiger partial charge in [0, 0.05) is 0 Å². The Kier molecular flexibility index (Phi) is 10.1. The fraction of sp³-hybridized carbons (Fsp3) is 0.667. The molecular formula is C24H38Cl2Zr. The second kappa shape index (κ2) is 9.95. The summed E-state index contributed by atoms with van der Waals surface area (Å²) in [6, 6.07) is 0. The minimum atomic E-state index is -0.706. The first-order valence-corrected chi connectivity index (χ1v) is 12.5. The Morgan fingerprint density at radius 2 is 0.963 bits per heavy atom. The molecule has 0 fully saturated rings. The monoisotopic (exact) mass is 486 g/mol. The van der Waals surface area contributed by atoms with Crippen LogP contribution in [0.2, 0.25) is 0 Å². The van der Waals surface area contributed by atoms with Crippen LogP contribution in [0.15, 0.2) is 40.0 Å². The van der Waals surface area contributed by atoms with E-state index >= 15 is 0 Å². The molecule has 0 heterocycles. The van der Waals surface area contributed by atoms with Gasteiger partial charge in [-0.1, -0.05) is 0 Å². The smallest absolute Gasteiger partial charge is 1.00 e. The summed E-state index contributed by atoms with van der Waals surface area (Å²) in [5.74, 6) is 0. The quantitative estimate of drug-likeness (QED) is 0.536. The predicted octanol–water partition coefficient (Wildman–Crippen LogP) is 1.94. The molecule has 0 bridgehead atoms. The van der Waals surface area contributed by atoms with Crippen LogP contribution in [0.25, 0.3) is 0 Å². The third-order valence-corrected chi connectivity index (χ3v) is 10.5. The van der Waals surface area contributed by atoms with E-state index in [1.807, 2.05) is 6.56 Å². The number of hydrogen-bond acceptors (Lipinski definition) is 0. The van der Waals surface area contributed by atoms with Gasteiger partial charge in [0.15, 0.2) is 0 Å². The molecule has 27 heavy (non-hydrogen) atoms. The van der Waals surface area contributed by atoms with E-state index < -0.39 is 23.2 Å². The summed E-state index contributed by atoms with van der Waals surface area (Å²) in [4.78, 5) is 0. The summed E-state index contributed by atoms with van der Waals surface area (Å²) in [7, 11) is 0. The number of hydrogen-bond donors (Lipinski definition) is 0. The van der Waals surface area contributed by atoms with Crippen LogP contribution in [0.4, 0.5) is 0 Å². The van der Waals surface area contributed by atoms with Crippen molar-refractivity contribution in [1.82, 2.24) is 0 Å². The standard InChI is InChI=1S/2C12H19.2ClH.Zr/c2*1-6-12(4,5)11-8-7-9(2)10(11)3;;;/h2*6-7H2,1-5H3;2*1H;/q;;;;+2/p-2. The zero-order valence-electron chi connectivity index (χ0n) is 19.1. The third kappa shape index (κ3) is 5.32. The van der Waals surface area contributed by atoms with Crippen LogP contribution in [-0.2, 0) is 23.2 Å².